The van der Waals surface area contributed by atoms with Crippen molar-refractivity contribution in [3.05, 3.63) is 58.1 Å². The molecule has 0 heterocycles. The Bertz CT molecular complexity index is 835. The minimum atomic E-state index is -0.204. The van der Waals surface area contributed by atoms with Crippen molar-refractivity contribution >= 4 is 29.1 Å². The lowest BCUT2D eigenvalue weighted by molar-refractivity contribution is 0.0748. The summed E-state index contributed by atoms with van der Waals surface area (Å²) in [5.74, 6) is 0.114. The van der Waals surface area contributed by atoms with E-state index in [1.54, 1.807) is 37.2 Å². The summed E-state index contributed by atoms with van der Waals surface area (Å²) in [7, 11) is 4.90. The molecule has 0 aliphatic heterocycles. The van der Waals surface area contributed by atoms with Gasteiger partial charge in [-0.25, -0.2) is 0 Å². The second-order valence-electron chi connectivity index (χ2n) is 6.29. The van der Waals surface area contributed by atoms with Gasteiger partial charge in [0.05, 0.1) is 23.4 Å². The number of nitrogen functional groups attached to an aromatic ring is 1. The number of ether oxygens (including phenoxy) is 1. The number of amides is 2. The topological polar surface area (TPSA) is 75.9 Å². The van der Waals surface area contributed by atoms with Crippen LogP contribution in [0.15, 0.2) is 36.4 Å². The molecule has 0 bridgehead atoms. The van der Waals surface area contributed by atoms with E-state index in [1.807, 2.05) is 19.1 Å². The molecule has 0 aliphatic carbocycles. The molecule has 27 heavy (non-hydrogen) atoms. The van der Waals surface area contributed by atoms with Crippen LogP contribution in [-0.4, -0.2) is 49.4 Å². The first kappa shape index (κ1) is 20.6. The number of nitrogens with zero attached hydrogens (tertiary/aromatic N) is 2. The van der Waals surface area contributed by atoms with E-state index < -0.39 is 0 Å². The average molecular weight is 390 g/mol. The summed E-state index contributed by atoms with van der Waals surface area (Å²) in [6.45, 7) is 2.80. The molecule has 0 saturated carbocycles. The first-order valence-corrected chi connectivity index (χ1v) is 8.89. The maximum Gasteiger partial charge on any atom is 0.257 e. The minimum Gasteiger partial charge on any atom is -0.496 e. The van der Waals surface area contributed by atoms with Crippen LogP contribution in [0.5, 0.6) is 5.75 Å². The Balaban J connectivity index is 2.23. The van der Waals surface area contributed by atoms with Gasteiger partial charge in [-0.15, -0.1) is 0 Å². The van der Waals surface area contributed by atoms with Gasteiger partial charge in [-0.1, -0.05) is 23.7 Å². The first-order valence-electron chi connectivity index (χ1n) is 8.51. The number of anilines is 1. The fraction of sp³-hybridized carbons (Fsp3) is 0.300. The van der Waals surface area contributed by atoms with E-state index in [2.05, 4.69) is 0 Å². The Morgan fingerprint density at radius 1 is 1.11 bits per heavy atom. The van der Waals surface area contributed by atoms with E-state index in [0.717, 1.165) is 5.56 Å². The van der Waals surface area contributed by atoms with Gasteiger partial charge in [0.25, 0.3) is 11.8 Å². The lowest BCUT2D eigenvalue weighted by atomic mass is 10.1. The Labute approximate surface area is 164 Å². The van der Waals surface area contributed by atoms with Crippen molar-refractivity contribution in [3.63, 3.8) is 0 Å². The van der Waals surface area contributed by atoms with Crippen molar-refractivity contribution in [3.8, 4) is 5.75 Å². The molecule has 2 aromatic carbocycles. The molecule has 6 nitrogen and oxygen atoms in total. The lowest BCUT2D eigenvalue weighted by Gasteiger charge is -2.23. The summed E-state index contributed by atoms with van der Waals surface area (Å²) >= 11 is 6.08. The van der Waals surface area contributed by atoms with Crippen molar-refractivity contribution in [2.75, 3.05) is 33.5 Å². The largest absolute Gasteiger partial charge is 0.496 e. The molecule has 2 amide bonds. The molecule has 0 spiro atoms. The molecule has 144 valence electrons. The number of hydrogen-bond donors (Lipinski definition) is 1. The Morgan fingerprint density at radius 2 is 1.74 bits per heavy atom. The maximum absolute atomic E-state index is 13.0. The number of rotatable bonds is 6. The number of hydrogen-bond acceptors (Lipinski definition) is 4. The van der Waals surface area contributed by atoms with Crippen LogP contribution in [0.2, 0.25) is 5.02 Å². The van der Waals surface area contributed by atoms with E-state index in [9.17, 15) is 9.59 Å². The van der Waals surface area contributed by atoms with Crippen LogP contribution < -0.4 is 10.5 Å². The van der Waals surface area contributed by atoms with Crippen molar-refractivity contribution in [1.82, 2.24) is 9.80 Å². The van der Waals surface area contributed by atoms with E-state index in [0.29, 0.717) is 40.7 Å². The first-order chi connectivity index (χ1) is 12.8. The van der Waals surface area contributed by atoms with Crippen LogP contribution in [0.3, 0.4) is 0 Å². The van der Waals surface area contributed by atoms with Gasteiger partial charge in [-0.2, -0.15) is 0 Å². The molecule has 0 aliphatic rings. The lowest BCUT2D eigenvalue weighted by Crippen LogP contribution is -2.30. The molecule has 2 N–H and O–H groups in total. The third-order valence-corrected chi connectivity index (χ3v) is 4.53. The second-order valence-corrected chi connectivity index (χ2v) is 6.70. The number of benzene rings is 2. The van der Waals surface area contributed by atoms with Crippen LogP contribution in [0, 0.1) is 0 Å². The SMILES string of the molecule is CCN(Cc1ccc(C(=O)N(C)C)cc1)C(=O)c1cc(Cl)c(N)cc1OC. The fourth-order valence-electron chi connectivity index (χ4n) is 2.63. The zero-order valence-corrected chi connectivity index (χ0v) is 16.7. The average Bonchev–Trinajstić information content (AvgIpc) is 2.67. The molecule has 0 aromatic heterocycles. The Morgan fingerprint density at radius 3 is 2.26 bits per heavy atom. The van der Waals surface area contributed by atoms with E-state index >= 15 is 0 Å². The van der Waals surface area contributed by atoms with Gasteiger partial charge in [0, 0.05) is 38.8 Å². The molecule has 0 saturated heterocycles. The Kier molecular flexibility index (Phi) is 6.69. The van der Waals surface area contributed by atoms with Gasteiger partial charge in [0.15, 0.2) is 0 Å². The minimum absolute atomic E-state index is 0.0637. The molecule has 2 aromatic rings. The van der Waals surface area contributed by atoms with Gasteiger partial charge in [0.1, 0.15) is 5.75 Å². The molecule has 0 atom stereocenters. The molecule has 2 rings (SSSR count). The highest BCUT2D eigenvalue weighted by Gasteiger charge is 2.20. The van der Waals surface area contributed by atoms with Crippen LogP contribution in [0.25, 0.3) is 0 Å². The summed E-state index contributed by atoms with van der Waals surface area (Å²) in [5, 5.41) is 0.307. The summed E-state index contributed by atoms with van der Waals surface area (Å²) in [6, 6.07) is 10.3. The van der Waals surface area contributed by atoms with Crippen molar-refractivity contribution in [2.24, 2.45) is 0 Å². The molecular weight excluding hydrogens is 366 g/mol. The quantitative estimate of drug-likeness (QED) is 0.769. The number of nitrogens with two attached hydrogens (primary N) is 1. The number of carbonyl (C=O) groups excluding carboxylic acids is 2. The standard InChI is InChI=1S/C20H24ClN3O3/c1-5-24(12-13-6-8-14(9-7-13)19(25)23(2)3)20(26)15-10-16(21)17(22)11-18(15)27-4/h6-11H,5,12,22H2,1-4H3. The predicted molar refractivity (Wildman–Crippen MR) is 107 cm³/mol. The summed E-state index contributed by atoms with van der Waals surface area (Å²) in [4.78, 5) is 28.2. The molecule has 0 unspecified atom stereocenters. The zero-order chi connectivity index (χ0) is 20.1. The van der Waals surface area contributed by atoms with Crippen LogP contribution >= 0.6 is 11.6 Å². The Hall–Kier alpha value is -2.73. The number of methoxy groups -OCH3 is 1. The van der Waals surface area contributed by atoms with Crippen molar-refractivity contribution in [2.45, 2.75) is 13.5 Å². The molecule has 7 heteroatoms. The fourth-order valence-corrected chi connectivity index (χ4v) is 2.80. The van der Waals surface area contributed by atoms with E-state index in [4.69, 9.17) is 22.1 Å². The third-order valence-electron chi connectivity index (χ3n) is 4.20. The number of carbonyl (C=O) groups is 2. The van der Waals surface area contributed by atoms with Crippen molar-refractivity contribution in [1.29, 1.82) is 0 Å². The normalized spacial score (nSPS) is 10.4. The smallest absolute Gasteiger partial charge is 0.257 e. The van der Waals surface area contributed by atoms with Crippen LogP contribution in [0.1, 0.15) is 33.2 Å². The summed E-state index contributed by atoms with van der Waals surface area (Å²) in [5.41, 5.74) is 8.02. The number of halogens is 1. The third kappa shape index (κ3) is 4.71. The van der Waals surface area contributed by atoms with E-state index in [1.165, 1.54) is 18.1 Å². The molecule has 0 radical (unpaired) electrons. The summed E-state index contributed by atoms with van der Waals surface area (Å²) < 4.78 is 5.28. The van der Waals surface area contributed by atoms with E-state index in [-0.39, 0.29) is 11.8 Å². The van der Waals surface area contributed by atoms with Gasteiger partial charge in [-0.3, -0.25) is 9.59 Å². The highest BCUT2D eigenvalue weighted by molar-refractivity contribution is 6.33. The molecular formula is C20H24ClN3O3. The van der Waals surface area contributed by atoms with Gasteiger partial charge >= 0.3 is 0 Å². The van der Waals surface area contributed by atoms with Gasteiger partial charge in [0.2, 0.25) is 0 Å². The zero-order valence-electron chi connectivity index (χ0n) is 16.0. The van der Waals surface area contributed by atoms with Gasteiger partial charge in [-0.05, 0) is 30.7 Å². The van der Waals surface area contributed by atoms with Crippen LogP contribution in [0.4, 0.5) is 5.69 Å². The molecule has 0 fully saturated rings. The van der Waals surface area contributed by atoms with Gasteiger partial charge < -0.3 is 20.3 Å². The summed E-state index contributed by atoms with van der Waals surface area (Å²) in [6.07, 6.45) is 0. The maximum atomic E-state index is 13.0. The second kappa shape index (κ2) is 8.77. The van der Waals surface area contributed by atoms with Crippen LogP contribution in [-0.2, 0) is 6.54 Å². The monoisotopic (exact) mass is 389 g/mol. The highest BCUT2D eigenvalue weighted by Crippen LogP contribution is 2.30. The predicted octanol–water partition coefficient (Wildman–Crippen LogP) is 3.29. The van der Waals surface area contributed by atoms with Crippen molar-refractivity contribution < 1.29 is 14.3 Å². The highest BCUT2D eigenvalue weighted by atomic mass is 35.5.